The molecule has 0 heterocycles. The largest absolute Gasteiger partial charge is 0.379 e. The van der Waals surface area contributed by atoms with Gasteiger partial charge in [-0.3, -0.25) is 0 Å². The molecule has 2 heteroatoms. The van der Waals surface area contributed by atoms with E-state index in [1.165, 1.54) is 16.7 Å². The lowest BCUT2D eigenvalue weighted by atomic mass is 9.92. The van der Waals surface area contributed by atoms with Crippen LogP contribution in [0.1, 0.15) is 55.8 Å². The van der Waals surface area contributed by atoms with E-state index in [0.29, 0.717) is 6.04 Å². The van der Waals surface area contributed by atoms with Gasteiger partial charge in [-0.15, -0.1) is 0 Å². The summed E-state index contributed by atoms with van der Waals surface area (Å²) in [5.41, 5.74) is 4.12. The Balaban J connectivity index is 3.03. The van der Waals surface area contributed by atoms with Crippen LogP contribution in [0.4, 0.5) is 0 Å². The van der Waals surface area contributed by atoms with Crippen molar-refractivity contribution in [2.45, 2.75) is 59.1 Å². The summed E-state index contributed by atoms with van der Waals surface area (Å²) >= 11 is 0. The van der Waals surface area contributed by atoms with Crippen molar-refractivity contribution < 1.29 is 4.74 Å². The third-order valence-corrected chi connectivity index (χ3v) is 3.84. The van der Waals surface area contributed by atoms with Gasteiger partial charge in [0.15, 0.2) is 0 Å². The first-order valence-electron chi connectivity index (χ1n) is 7.47. The molecule has 0 fully saturated rings. The summed E-state index contributed by atoms with van der Waals surface area (Å²) < 4.78 is 5.74. The fourth-order valence-corrected chi connectivity index (χ4v) is 2.56. The third kappa shape index (κ3) is 4.32. The van der Waals surface area contributed by atoms with Crippen molar-refractivity contribution in [1.29, 1.82) is 0 Å². The Morgan fingerprint density at radius 1 is 1.16 bits per heavy atom. The number of hydrogen-bond acceptors (Lipinski definition) is 2. The molecule has 0 bridgehead atoms. The van der Waals surface area contributed by atoms with Crippen LogP contribution in [0, 0.1) is 13.8 Å². The molecule has 0 spiro atoms. The second kappa shape index (κ2) is 8.34. The Kier molecular flexibility index (Phi) is 7.11. The highest BCUT2D eigenvalue weighted by atomic mass is 16.5. The number of benzene rings is 1. The number of rotatable bonds is 8. The first-order chi connectivity index (χ1) is 9.15. The minimum Gasteiger partial charge on any atom is -0.379 e. The highest BCUT2D eigenvalue weighted by Crippen LogP contribution is 2.26. The molecule has 0 amide bonds. The number of nitrogens with one attached hydrogen (secondary N) is 1. The molecule has 0 aliphatic rings. The number of methoxy groups -OCH3 is 1. The molecule has 2 atom stereocenters. The molecule has 1 aromatic carbocycles. The van der Waals surface area contributed by atoms with Crippen LogP contribution in [0.25, 0.3) is 0 Å². The van der Waals surface area contributed by atoms with Gasteiger partial charge in [-0.2, -0.15) is 0 Å². The molecule has 0 saturated heterocycles. The van der Waals surface area contributed by atoms with Crippen LogP contribution in [-0.4, -0.2) is 19.8 Å². The van der Waals surface area contributed by atoms with Crippen LogP contribution < -0.4 is 5.32 Å². The Hall–Kier alpha value is -0.860. The van der Waals surface area contributed by atoms with E-state index in [2.05, 4.69) is 51.2 Å². The van der Waals surface area contributed by atoms with E-state index in [0.717, 1.165) is 25.8 Å². The molecule has 1 aromatic rings. The maximum absolute atomic E-state index is 5.74. The summed E-state index contributed by atoms with van der Waals surface area (Å²) in [6.45, 7) is 9.84. The maximum Gasteiger partial charge on any atom is 0.0765 e. The summed E-state index contributed by atoms with van der Waals surface area (Å²) in [7, 11) is 1.83. The summed E-state index contributed by atoms with van der Waals surface area (Å²) in [6, 6.07) is 6.86. The first kappa shape index (κ1) is 16.2. The van der Waals surface area contributed by atoms with Gasteiger partial charge in [0.25, 0.3) is 0 Å². The molecule has 1 N–H and O–H groups in total. The Morgan fingerprint density at radius 2 is 1.89 bits per heavy atom. The molecule has 0 aliphatic carbocycles. The molecule has 108 valence electrons. The van der Waals surface area contributed by atoms with Gasteiger partial charge in [0.2, 0.25) is 0 Å². The molecule has 0 saturated carbocycles. The Morgan fingerprint density at radius 3 is 2.47 bits per heavy atom. The van der Waals surface area contributed by atoms with Crippen molar-refractivity contribution in [3.05, 3.63) is 34.9 Å². The highest BCUT2D eigenvalue weighted by molar-refractivity contribution is 5.36. The lowest BCUT2D eigenvalue weighted by Gasteiger charge is -2.29. The van der Waals surface area contributed by atoms with Gasteiger partial charge in [0.1, 0.15) is 0 Å². The van der Waals surface area contributed by atoms with E-state index in [4.69, 9.17) is 4.74 Å². The van der Waals surface area contributed by atoms with E-state index >= 15 is 0 Å². The molecule has 1 rings (SSSR count). The van der Waals surface area contributed by atoms with Crippen molar-refractivity contribution in [3.8, 4) is 0 Å². The number of aryl methyl sites for hydroxylation is 1. The highest BCUT2D eigenvalue weighted by Gasteiger charge is 2.23. The second-order valence-corrected chi connectivity index (χ2v) is 5.28. The molecular weight excluding hydrogens is 234 g/mol. The van der Waals surface area contributed by atoms with Crippen molar-refractivity contribution in [1.82, 2.24) is 5.32 Å². The predicted octanol–water partition coefficient (Wildman–Crippen LogP) is 4.16. The zero-order chi connectivity index (χ0) is 14.3. The smallest absolute Gasteiger partial charge is 0.0765 e. The van der Waals surface area contributed by atoms with Crippen molar-refractivity contribution in [2.75, 3.05) is 13.7 Å². The lowest BCUT2D eigenvalue weighted by molar-refractivity contribution is 0.0604. The van der Waals surface area contributed by atoms with Gasteiger partial charge < -0.3 is 10.1 Å². The van der Waals surface area contributed by atoms with E-state index in [-0.39, 0.29) is 6.10 Å². The van der Waals surface area contributed by atoms with Gasteiger partial charge in [0, 0.05) is 7.11 Å². The van der Waals surface area contributed by atoms with E-state index in [1.54, 1.807) is 0 Å². The first-order valence-corrected chi connectivity index (χ1v) is 7.47. The van der Waals surface area contributed by atoms with Crippen LogP contribution in [-0.2, 0) is 4.74 Å². The van der Waals surface area contributed by atoms with Gasteiger partial charge in [0.05, 0.1) is 12.1 Å². The molecule has 0 radical (unpaired) electrons. The van der Waals surface area contributed by atoms with E-state index < -0.39 is 0 Å². The van der Waals surface area contributed by atoms with Gasteiger partial charge in [-0.05, 0) is 49.9 Å². The van der Waals surface area contributed by atoms with Gasteiger partial charge in [-0.25, -0.2) is 0 Å². The standard InChI is InChI=1S/C17H29NO/c1-6-9-16(19-5)17(18-12-7-2)15-11-8-10-13(3)14(15)4/h8,10-11,16-18H,6-7,9,12H2,1-5H3. The molecule has 0 aliphatic heterocycles. The number of ether oxygens (including phenoxy) is 1. The fraction of sp³-hybridized carbons (Fsp3) is 0.647. The zero-order valence-corrected chi connectivity index (χ0v) is 13.1. The normalized spacial score (nSPS) is 14.4. The zero-order valence-electron chi connectivity index (χ0n) is 13.1. The number of hydrogen-bond donors (Lipinski definition) is 1. The molecule has 19 heavy (non-hydrogen) atoms. The Labute approximate surface area is 118 Å². The van der Waals surface area contributed by atoms with Gasteiger partial charge in [-0.1, -0.05) is 38.5 Å². The van der Waals surface area contributed by atoms with Gasteiger partial charge >= 0.3 is 0 Å². The summed E-state index contributed by atoms with van der Waals surface area (Å²) in [6.07, 6.45) is 3.63. The van der Waals surface area contributed by atoms with Crippen LogP contribution >= 0.6 is 0 Å². The monoisotopic (exact) mass is 263 g/mol. The van der Waals surface area contributed by atoms with Crippen molar-refractivity contribution >= 4 is 0 Å². The van der Waals surface area contributed by atoms with Crippen LogP contribution in [0.5, 0.6) is 0 Å². The second-order valence-electron chi connectivity index (χ2n) is 5.28. The van der Waals surface area contributed by atoms with E-state index in [1.807, 2.05) is 7.11 Å². The summed E-state index contributed by atoms with van der Waals surface area (Å²) in [5, 5.41) is 3.66. The Bertz CT molecular complexity index is 376. The summed E-state index contributed by atoms with van der Waals surface area (Å²) in [5.74, 6) is 0. The average Bonchev–Trinajstić information content (AvgIpc) is 2.42. The van der Waals surface area contributed by atoms with Crippen molar-refractivity contribution in [2.24, 2.45) is 0 Å². The molecule has 0 aromatic heterocycles. The lowest BCUT2D eigenvalue weighted by Crippen LogP contribution is -2.34. The maximum atomic E-state index is 5.74. The van der Waals surface area contributed by atoms with Crippen LogP contribution in [0.2, 0.25) is 0 Å². The molecule has 2 unspecified atom stereocenters. The fourth-order valence-electron chi connectivity index (χ4n) is 2.56. The SMILES string of the molecule is CCCNC(c1cccc(C)c1C)C(CCC)OC. The summed E-state index contributed by atoms with van der Waals surface area (Å²) in [4.78, 5) is 0. The van der Waals surface area contributed by atoms with Crippen LogP contribution in [0.15, 0.2) is 18.2 Å². The molecule has 2 nitrogen and oxygen atoms in total. The minimum atomic E-state index is 0.247. The van der Waals surface area contributed by atoms with E-state index in [9.17, 15) is 0 Å². The van der Waals surface area contributed by atoms with Crippen LogP contribution in [0.3, 0.4) is 0 Å². The minimum absolute atomic E-state index is 0.247. The van der Waals surface area contributed by atoms with Crippen molar-refractivity contribution in [3.63, 3.8) is 0 Å². The third-order valence-electron chi connectivity index (χ3n) is 3.84. The topological polar surface area (TPSA) is 21.3 Å². The predicted molar refractivity (Wildman–Crippen MR) is 82.7 cm³/mol. The average molecular weight is 263 g/mol. The quantitative estimate of drug-likeness (QED) is 0.760. The molecular formula is C17H29NO.